The van der Waals surface area contributed by atoms with Crippen molar-refractivity contribution in [3.05, 3.63) is 34.5 Å². The van der Waals surface area contributed by atoms with Crippen LogP contribution < -0.4 is 26.5 Å². The van der Waals surface area contributed by atoms with E-state index < -0.39 is 6.35 Å². The van der Waals surface area contributed by atoms with Crippen molar-refractivity contribution < 1.29 is 24.8 Å². The molecule has 7 N–H and O–H groups in total. The Bertz CT molecular complexity index is 1360. The second-order valence-electron chi connectivity index (χ2n) is 9.71. The van der Waals surface area contributed by atoms with Crippen molar-refractivity contribution in [1.29, 1.82) is 0 Å². The molecule has 3 aromatic rings. The van der Waals surface area contributed by atoms with Crippen molar-refractivity contribution in [3.63, 3.8) is 0 Å². The number of hydrogen-bond donors (Lipinski definition) is 5. The number of anilines is 3. The van der Waals surface area contributed by atoms with Gasteiger partial charge in [-0.05, 0) is 30.9 Å². The largest absolute Gasteiger partial charge is 0.494 e. The summed E-state index contributed by atoms with van der Waals surface area (Å²) >= 11 is 1.65. The molecule has 1 aliphatic carbocycles. The second-order valence-corrected chi connectivity index (χ2v) is 10.8. The molecule has 12 nitrogen and oxygen atoms in total. The first-order chi connectivity index (χ1) is 18.3. The monoisotopic (exact) mass is 541 g/mol. The zero-order valence-electron chi connectivity index (χ0n) is 21.6. The first kappa shape index (κ1) is 26.1. The van der Waals surface area contributed by atoms with Crippen LogP contribution in [0.3, 0.4) is 0 Å². The predicted octanol–water partition coefficient (Wildman–Crippen LogP) is 0.309. The van der Waals surface area contributed by atoms with Gasteiger partial charge in [0.1, 0.15) is 28.8 Å². The molecular formula is C25H33N8O4S+. The number of nitrogen functional groups attached to an aromatic ring is 1. The number of aromatic nitrogens is 2. The number of rotatable bonds is 8. The topological polar surface area (TPSA) is 164 Å². The molecule has 0 saturated carbocycles. The van der Waals surface area contributed by atoms with Crippen LogP contribution in [0, 0.1) is 0 Å². The highest BCUT2D eigenvalue weighted by Gasteiger charge is 2.36. The molecule has 1 fully saturated rings. The van der Waals surface area contributed by atoms with E-state index in [1.54, 1.807) is 44.9 Å². The molecule has 1 aliphatic heterocycles. The Morgan fingerprint density at radius 3 is 2.87 bits per heavy atom. The number of nitrogens with zero attached hydrogens (tertiary/aromatic N) is 4. The van der Waals surface area contributed by atoms with Crippen molar-refractivity contribution in [2.45, 2.75) is 37.8 Å². The number of likely N-dealkylation sites (tertiary alicyclic amines) is 1. The lowest BCUT2D eigenvalue weighted by molar-refractivity contribution is -0.121. The lowest BCUT2D eigenvalue weighted by Gasteiger charge is -2.42. The fourth-order valence-electron chi connectivity index (χ4n) is 4.81. The third-order valence-electron chi connectivity index (χ3n) is 6.92. The number of nitrogens with one attached hydrogen (secondary N) is 2. The van der Waals surface area contributed by atoms with Crippen LogP contribution in [0.15, 0.2) is 18.5 Å². The SMILES string of the molecule is COc1cc(N)c(C=[NH2+])cc1Nc1ncnc2sc3c(c12)CCC(NC(O)N1CC(OC(=O)N(C)C)C1)C3. The van der Waals surface area contributed by atoms with Gasteiger partial charge in [0.05, 0.1) is 23.7 Å². The normalized spacial score (nSPS) is 18.4. The summed E-state index contributed by atoms with van der Waals surface area (Å²) in [6.45, 7) is 0.995. The first-order valence-electron chi connectivity index (χ1n) is 12.4. The molecule has 1 saturated heterocycles. The van der Waals surface area contributed by atoms with Gasteiger partial charge in [-0.1, -0.05) is 0 Å². The first-order valence-corrected chi connectivity index (χ1v) is 13.2. The molecule has 0 bridgehead atoms. The minimum absolute atomic E-state index is 0.109. The summed E-state index contributed by atoms with van der Waals surface area (Å²) in [4.78, 5) is 26.2. The smallest absolute Gasteiger partial charge is 0.409 e. The fraction of sp³-hybridized carbons (Fsp3) is 0.440. The van der Waals surface area contributed by atoms with E-state index in [1.165, 1.54) is 21.6 Å². The van der Waals surface area contributed by atoms with Gasteiger partial charge in [-0.25, -0.2) is 14.8 Å². The number of ether oxygens (including phenoxy) is 2. The van der Waals surface area contributed by atoms with Gasteiger partial charge in [0.25, 0.3) is 0 Å². The van der Waals surface area contributed by atoms with Crippen LogP contribution in [0.1, 0.15) is 22.4 Å². The number of carbonyl (C=O) groups excluding carboxylic acids is 1. The standard InChI is InChI=1S/C25H32N8O4S/c1-32(2)25(35)37-15-10-33(11-15)24(34)30-14-4-5-16-20(7-14)38-23-21(16)22(28-12-29-23)31-18-6-13(9-26)17(27)8-19(18)36-3/h6,8-9,12,14-15,24,26,30,34H,4-5,7,10-11,27H2,1-3H3,(H,28,29,31)/p+1. The van der Waals surface area contributed by atoms with E-state index in [4.69, 9.17) is 20.6 Å². The number of hydrogen-bond acceptors (Lipinski definition) is 11. The minimum Gasteiger partial charge on any atom is -0.494 e. The van der Waals surface area contributed by atoms with Crippen LogP contribution in [0.4, 0.5) is 22.0 Å². The molecular weight excluding hydrogens is 508 g/mol. The number of carbonyl (C=O) groups is 1. The van der Waals surface area contributed by atoms with Crippen molar-refractivity contribution in [2.24, 2.45) is 0 Å². The molecule has 202 valence electrons. The molecule has 2 aromatic heterocycles. The van der Waals surface area contributed by atoms with Gasteiger partial charge < -0.3 is 30.5 Å². The number of fused-ring (bicyclic) bond motifs is 3. The van der Waals surface area contributed by atoms with Gasteiger partial charge >= 0.3 is 6.09 Å². The lowest BCUT2D eigenvalue weighted by Crippen LogP contribution is -2.62. The summed E-state index contributed by atoms with van der Waals surface area (Å²) in [6.07, 6.45) is 4.10. The second kappa shape index (κ2) is 10.7. The summed E-state index contributed by atoms with van der Waals surface area (Å²) in [6, 6.07) is 3.68. The van der Waals surface area contributed by atoms with Gasteiger partial charge in [0.15, 0.2) is 12.6 Å². The van der Waals surface area contributed by atoms with E-state index in [9.17, 15) is 9.90 Å². The van der Waals surface area contributed by atoms with Gasteiger partial charge in [0.2, 0.25) is 0 Å². The Morgan fingerprint density at radius 1 is 1.37 bits per heavy atom. The average molecular weight is 542 g/mol. The van der Waals surface area contributed by atoms with Gasteiger partial charge in [0, 0.05) is 49.9 Å². The Labute approximate surface area is 224 Å². The van der Waals surface area contributed by atoms with Gasteiger partial charge in [-0.2, -0.15) is 0 Å². The Balaban J connectivity index is 1.28. The minimum atomic E-state index is -0.797. The summed E-state index contributed by atoms with van der Waals surface area (Å²) < 4.78 is 10.9. The van der Waals surface area contributed by atoms with Crippen LogP contribution in [-0.4, -0.2) is 90.0 Å². The van der Waals surface area contributed by atoms with Crippen LogP contribution in [-0.2, 0) is 17.6 Å². The maximum atomic E-state index is 11.7. The van der Waals surface area contributed by atoms with E-state index in [1.807, 2.05) is 11.0 Å². The van der Waals surface area contributed by atoms with Crippen molar-refractivity contribution in [1.82, 2.24) is 25.1 Å². The number of aliphatic hydroxyl groups excluding tert-OH is 1. The molecule has 3 heterocycles. The molecule has 5 rings (SSSR count). The number of methoxy groups -OCH3 is 1. The highest BCUT2D eigenvalue weighted by molar-refractivity contribution is 7.19. The van der Waals surface area contributed by atoms with Crippen LogP contribution in [0.2, 0.25) is 0 Å². The van der Waals surface area contributed by atoms with E-state index in [-0.39, 0.29) is 18.2 Å². The maximum Gasteiger partial charge on any atom is 0.409 e. The number of aryl methyl sites for hydroxylation is 1. The van der Waals surface area contributed by atoms with Crippen molar-refractivity contribution >= 4 is 51.1 Å². The number of aliphatic hydroxyl groups is 1. The summed E-state index contributed by atoms with van der Waals surface area (Å²) in [7, 11) is 4.89. The molecule has 0 spiro atoms. The van der Waals surface area contributed by atoms with Gasteiger partial charge in [-0.15, -0.1) is 11.3 Å². The molecule has 2 aliphatic rings. The van der Waals surface area contributed by atoms with E-state index in [2.05, 4.69) is 20.6 Å². The Hall–Kier alpha value is -3.52. The number of nitrogens with two attached hydrogens (primary N) is 2. The molecule has 38 heavy (non-hydrogen) atoms. The molecule has 1 aromatic carbocycles. The summed E-state index contributed by atoms with van der Waals surface area (Å²) in [5.74, 6) is 1.29. The summed E-state index contributed by atoms with van der Waals surface area (Å²) in [5.41, 5.74) is 9.22. The van der Waals surface area contributed by atoms with E-state index in [0.29, 0.717) is 41.6 Å². The third-order valence-corrected chi connectivity index (χ3v) is 8.09. The lowest BCUT2D eigenvalue weighted by atomic mass is 9.93. The summed E-state index contributed by atoms with van der Waals surface area (Å²) in [5, 5.41) is 24.2. The van der Waals surface area contributed by atoms with Crippen molar-refractivity contribution in [3.8, 4) is 5.75 Å². The third kappa shape index (κ3) is 5.10. The quantitative estimate of drug-likeness (QED) is 0.152. The predicted molar refractivity (Wildman–Crippen MR) is 146 cm³/mol. The van der Waals surface area contributed by atoms with Gasteiger partial charge in [-0.3, -0.25) is 15.6 Å². The average Bonchev–Trinajstić information content (AvgIpc) is 3.24. The fourth-order valence-corrected chi connectivity index (χ4v) is 6.07. The van der Waals surface area contributed by atoms with Crippen LogP contribution in [0.25, 0.3) is 10.2 Å². The number of amides is 1. The zero-order valence-corrected chi connectivity index (χ0v) is 22.4. The highest BCUT2D eigenvalue weighted by Crippen LogP contribution is 2.40. The Morgan fingerprint density at radius 2 is 2.16 bits per heavy atom. The van der Waals surface area contributed by atoms with Crippen LogP contribution in [0.5, 0.6) is 5.75 Å². The van der Waals surface area contributed by atoms with Crippen molar-refractivity contribution in [2.75, 3.05) is 45.3 Å². The zero-order chi connectivity index (χ0) is 27.0. The number of benzene rings is 1. The van der Waals surface area contributed by atoms with Crippen LogP contribution >= 0.6 is 11.3 Å². The van der Waals surface area contributed by atoms with E-state index >= 15 is 0 Å². The Kier molecular flexibility index (Phi) is 7.34. The maximum absolute atomic E-state index is 11.7. The molecule has 2 unspecified atom stereocenters. The highest BCUT2D eigenvalue weighted by atomic mass is 32.1. The molecule has 1 amide bonds. The number of thiophene rings is 1. The molecule has 0 radical (unpaired) electrons. The van der Waals surface area contributed by atoms with E-state index in [0.717, 1.165) is 29.5 Å². The molecule has 13 heteroatoms. The molecule has 2 atom stereocenters.